The van der Waals surface area contributed by atoms with E-state index in [2.05, 4.69) is 66.9 Å². The maximum Gasteiger partial charge on any atom is 0.173 e. The molecule has 26 heavy (non-hydrogen) atoms. The lowest BCUT2D eigenvalue weighted by molar-refractivity contribution is 0.573. The number of rotatable bonds is 5. The number of nitrogens with zero attached hydrogens (tertiary/aromatic N) is 4. The molecule has 6 nitrogen and oxygen atoms in total. The lowest BCUT2D eigenvalue weighted by Gasteiger charge is -2.28. The highest BCUT2D eigenvalue weighted by Crippen LogP contribution is 2.26. The summed E-state index contributed by atoms with van der Waals surface area (Å²) in [5.41, 5.74) is 3.18. The molecule has 0 aliphatic carbocycles. The van der Waals surface area contributed by atoms with E-state index in [1.54, 1.807) is 6.20 Å². The van der Waals surface area contributed by atoms with Crippen LogP contribution in [0, 0.1) is 0 Å². The molecule has 2 aromatic heterocycles. The zero-order chi connectivity index (χ0) is 17.9. The molecule has 3 aromatic rings. The summed E-state index contributed by atoms with van der Waals surface area (Å²) < 4.78 is 2.78. The van der Waals surface area contributed by atoms with Gasteiger partial charge in [-0.05, 0) is 52.9 Å². The molecule has 0 atom stereocenters. The van der Waals surface area contributed by atoms with Crippen LogP contribution >= 0.6 is 15.9 Å². The van der Waals surface area contributed by atoms with Gasteiger partial charge in [-0.1, -0.05) is 12.1 Å². The monoisotopic (exact) mass is 414 g/mol. The number of piperidine rings is 1. The normalized spacial score (nSPS) is 14.6. The third-order valence-corrected chi connectivity index (χ3v) is 5.37. The minimum absolute atomic E-state index is 0.736. The molecule has 136 valence electrons. The Labute approximate surface area is 161 Å². The van der Waals surface area contributed by atoms with Crippen molar-refractivity contribution in [1.29, 1.82) is 0 Å². The van der Waals surface area contributed by atoms with Crippen LogP contribution < -0.4 is 15.5 Å². The molecule has 0 bridgehead atoms. The average molecular weight is 415 g/mol. The Kier molecular flexibility index (Phi) is 4.97. The van der Waals surface area contributed by atoms with E-state index in [4.69, 9.17) is 4.98 Å². The quantitative estimate of drug-likeness (QED) is 0.656. The van der Waals surface area contributed by atoms with Gasteiger partial charge < -0.3 is 15.5 Å². The van der Waals surface area contributed by atoms with Gasteiger partial charge in [-0.2, -0.15) is 9.61 Å². The Morgan fingerprint density at radius 1 is 1.12 bits per heavy atom. The second-order valence-corrected chi connectivity index (χ2v) is 7.43. The van der Waals surface area contributed by atoms with Crippen LogP contribution in [0.4, 0.5) is 17.3 Å². The van der Waals surface area contributed by atoms with Crippen molar-refractivity contribution in [2.24, 2.45) is 0 Å². The molecule has 0 saturated carbocycles. The van der Waals surface area contributed by atoms with Crippen LogP contribution in [-0.4, -0.2) is 34.7 Å². The SMILES string of the molecule is CNc1ccc(CNc2cc(N3CCCCC3)nc3c(Br)cnn23)cc1. The maximum absolute atomic E-state index is 4.83. The van der Waals surface area contributed by atoms with E-state index in [0.29, 0.717) is 0 Å². The summed E-state index contributed by atoms with van der Waals surface area (Å²) in [7, 11) is 1.93. The Balaban J connectivity index is 1.61. The minimum Gasteiger partial charge on any atom is -0.388 e. The fourth-order valence-electron chi connectivity index (χ4n) is 3.32. The summed E-state index contributed by atoms with van der Waals surface area (Å²) in [5.74, 6) is 1.98. The Morgan fingerprint density at radius 3 is 2.62 bits per heavy atom. The Hall–Kier alpha value is -2.28. The van der Waals surface area contributed by atoms with E-state index >= 15 is 0 Å². The van der Waals surface area contributed by atoms with Crippen LogP contribution in [-0.2, 0) is 6.54 Å². The summed E-state index contributed by atoms with van der Waals surface area (Å²) in [4.78, 5) is 7.20. The fourth-order valence-corrected chi connectivity index (χ4v) is 3.66. The molecule has 0 unspecified atom stereocenters. The van der Waals surface area contributed by atoms with E-state index in [0.717, 1.165) is 47.1 Å². The fraction of sp³-hybridized carbons (Fsp3) is 0.368. The van der Waals surface area contributed by atoms with E-state index in [1.165, 1.54) is 24.8 Å². The highest BCUT2D eigenvalue weighted by molar-refractivity contribution is 9.10. The van der Waals surface area contributed by atoms with Gasteiger partial charge in [-0.3, -0.25) is 0 Å². The number of anilines is 3. The van der Waals surface area contributed by atoms with Crippen molar-refractivity contribution in [3.8, 4) is 0 Å². The molecule has 3 heterocycles. The summed E-state index contributed by atoms with van der Waals surface area (Å²) in [6.45, 7) is 2.87. The van der Waals surface area contributed by atoms with E-state index in [9.17, 15) is 0 Å². The van der Waals surface area contributed by atoms with Gasteiger partial charge in [-0.25, -0.2) is 4.98 Å². The van der Waals surface area contributed by atoms with Crippen LogP contribution in [0.3, 0.4) is 0 Å². The Morgan fingerprint density at radius 2 is 1.88 bits per heavy atom. The Bertz CT molecular complexity index is 883. The summed E-state index contributed by atoms with van der Waals surface area (Å²) in [5, 5.41) is 11.1. The molecular weight excluding hydrogens is 392 g/mol. The second-order valence-electron chi connectivity index (χ2n) is 6.58. The van der Waals surface area contributed by atoms with Gasteiger partial charge in [0.2, 0.25) is 0 Å². The van der Waals surface area contributed by atoms with Gasteiger partial charge in [-0.15, -0.1) is 0 Å². The van der Waals surface area contributed by atoms with Crippen LogP contribution in [0.25, 0.3) is 5.65 Å². The molecule has 2 N–H and O–H groups in total. The molecule has 7 heteroatoms. The van der Waals surface area contributed by atoms with Gasteiger partial charge in [0, 0.05) is 38.4 Å². The van der Waals surface area contributed by atoms with Gasteiger partial charge in [0.05, 0.1) is 10.7 Å². The standard InChI is InChI=1S/C19H23BrN6/c1-21-15-7-5-14(6-8-15)12-22-17-11-18(25-9-3-2-4-10-25)24-19-16(20)13-23-26(17)19/h5-8,11,13,21-22H,2-4,9-10,12H2,1H3. The van der Waals surface area contributed by atoms with Crippen molar-refractivity contribution in [3.63, 3.8) is 0 Å². The molecule has 0 amide bonds. The summed E-state index contributed by atoms with van der Waals surface area (Å²) >= 11 is 3.57. The first-order valence-corrected chi connectivity index (χ1v) is 9.84. The maximum atomic E-state index is 4.83. The molecule has 1 aliphatic rings. The summed E-state index contributed by atoms with van der Waals surface area (Å²) in [6, 6.07) is 10.5. The van der Waals surface area contributed by atoms with Gasteiger partial charge in [0.15, 0.2) is 5.65 Å². The van der Waals surface area contributed by atoms with E-state index < -0.39 is 0 Å². The first-order chi connectivity index (χ1) is 12.7. The molecule has 1 saturated heterocycles. The van der Waals surface area contributed by atoms with Crippen LogP contribution in [0.1, 0.15) is 24.8 Å². The van der Waals surface area contributed by atoms with Crippen molar-refractivity contribution >= 4 is 38.9 Å². The lowest BCUT2D eigenvalue weighted by Crippen LogP contribution is -2.30. The zero-order valence-corrected chi connectivity index (χ0v) is 16.5. The van der Waals surface area contributed by atoms with Crippen molar-refractivity contribution in [1.82, 2.24) is 14.6 Å². The second kappa shape index (κ2) is 7.53. The molecule has 1 aliphatic heterocycles. The first-order valence-electron chi connectivity index (χ1n) is 9.04. The lowest BCUT2D eigenvalue weighted by atomic mass is 10.1. The topological polar surface area (TPSA) is 57.5 Å². The molecule has 0 radical (unpaired) electrons. The third kappa shape index (κ3) is 3.49. The number of hydrogen-bond acceptors (Lipinski definition) is 5. The van der Waals surface area contributed by atoms with E-state index in [-0.39, 0.29) is 0 Å². The molecule has 0 spiro atoms. The van der Waals surface area contributed by atoms with Crippen LogP contribution in [0.5, 0.6) is 0 Å². The number of nitrogens with one attached hydrogen (secondary N) is 2. The third-order valence-electron chi connectivity index (χ3n) is 4.81. The highest BCUT2D eigenvalue weighted by Gasteiger charge is 2.16. The zero-order valence-electron chi connectivity index (χ0n) is 14.9. The highest BCUT2D eigenvalue weighted by atomic mass is 79.9. The summed E-state index contributed by atoms with van der Waals surface area (Å²) in [6.07, 6.45) is 5.57. The number of hydrogen-bond donors (Lipinski definition) is 2. The van der Waals surface area contributed by atoms with Crippen molar-refractivity contribution in [2.75, 3.05) is 35.7 Å². The van der Waals surface area contributed by atoms with Gasteiger partial charge in [0.25, 0.3) is 0 Å². The van der Waals surface area contributed by atoms with Gasteiger partial charge >= 0.3 is 0 Å². The van der Waals surface area contributed by atoms with Gasteiger partial charge in [0.1, 0.15) is 11.6 Å². The minimum atomic E-state index is 0.736. The smallest absolute Gasteiger partial charge is 0.173 e. The predicted molar refractivity (Wildman–Crippen MR) is 110 cm³/mol. The molecule has 1 fully saturated rings. The molecular formula is C19H23BrN6. The molecule has 4 rings (SSSR count). The number of fused-ring (bicyclic) bond motifs is 1. The van der Waals surface area contributed by atoms with Crippen LogP contribution in [0.15, 0.2) is 41.0 Å². The number of halogens is 1. The van der Waals surface area contributed by atoms with Crippen molar-refractivity contribution in [3.05, 3.63) is 46.6 Å². The van der Waals surface area contributed by atoms with Crippen molar-refractivity contribution < 1.29 is 0 Å². The van der Waals surface area contributed by atoms with Crippen molar-refractivity contribution in [2.45, 2.75) is 25.8 Å². The largest absolute Gasteiger partial charge is 0.388 e. The number of aromatic nitrogens is 3. The van der Waals surface area contributed by atoms with Crippen LogP contribution in [0.2, 0.25) is 0 Å². The predicted octanol–water partition coefficient (Wildman–Crippen LogP) is 4.14. The first kappa shape index (κ1) is 17.1. The average Bonchev–Trinajstić information content (AvgIpc) is 3.08. The van der Waals surface area contributed by atoms with E-state index in [1.807, 2.05) is 11.6 Å². The number of benzene rings is 1. The molecule has 1 aromatic carbocycles.